The van der Waals surface area contributed by atoms with Crippen molar-refractivity contribution >= 4 is 29.0 Å². The first-order valence-corrected chi connectivity index (χ1v) is 8.18. The Kier molecular flexibility index (Phi) is 5.06. The summed E-state index contributed by atoms with van der Waals surface area (Å²) in [6.07, 6.45) is 6.08. The van der Waals surface area contributed by atoms with Crippen molar-refractivity contribution in [2.45, 2.75) is 37.0 Å². The van der Waals surface area contributed by atoms with Gasteiger partial charge in [-0.2, -0.15) is 11.8 Å². The first kappa shape index (κ1) is 15.6. The molecule has 6 nitrogen and oxygen atoms in total. The number of thioether (sulfide) groups is 1. The summed E-state index contributed by atoms with van der Waals surface area (Å²) in [6, 6.07) is 4.35. The first-order valence-electron chi connectivity index (χ1n) is 6.89. The lowest BCUT2D eigenvalue weighted by molar-refractivity contribution is -0.385. The van der Waals surface area contributed by atoms with Gasteiger partial charge in [0.05, 0.1) is 10.6 Å². The molecular formula is C14H19N3O3S. The third kappa shape index (κ3) is 3.66. The van der Waals surface area contributed by atoms with Gasteiger partial charge in [0.2, 0.25) is 0 Å². The molecule has 1 aromatic rings. The third-order valence-electron chi connectivity index (χ3n) is 3.79. The van der Waals surface area contributed by atoms with Crippen molar-refractivity contribution in [2.24, 2.45) is 0 Å². The maximum Gasteiger partial charge on any atom is 0.284 e. The summed E-state index contributed by atoms with van der Waals surface area (Å²) in [7, 11) is 0. The molecule has 0 aromatic heterocycles. The molecule has 114 valence electrons. The number of hydrogen-bond acceptors (Lipinski definition) is 5. The molecule has 2 atom stereocenters. The summed E-state index contributed by atoms with van der Waals surface area (Å²) >= 11 is 1.80. The molecule has 1 saturated carbocycles. The van der Waals surface area contributed by atoms with Crippen LogP contribution in [-0.2, 0) is 0 Å². The van der Waals surface area contributed by atoms with Crippen LogP contribution in [0, 0.1) is 10.1 Å². The van der Waals surface area contributed by atoms with Gasteiger partial charge >= 0.3 is 0 Å². The molecule has 0 spiro atoms. The summed E-state index contributed by atoms with van der Waals surface area (Å²) in [5.41, 5.74) is 5.61. The topological polar surface area (TPSA) is 98.3 Å². The van der Waals surface area contributed by atoms with E-state index in [-0.39, 0.29) is 23.0 Å². The van der Waals surface area contributed by atoms with Crippen molar-refractivity contribution in [1.82, 2.24) is 5.32 Å². The van der Waals surface area contributed by atoms with Gasteiger partial charge in [-0.05, 0) is 31.6 Å². The molecule has 1 fully saturated rings. The normalized spacial score (nSPS) is 21.8. The average Bonchev–Trinajstić information content (AvgIpc) is 2.46. The fourth-order valence-corrected chi connectivity index (χ4v) is 3.53. The smallest absolute Gasteiger partial charge is 0.284 e. The Morgan fingerprint density at radius 3 is 2.90 bits per heavy atom. The fraction of sp³-hybridized carbons (Fsp3) is 0.500. The second kappa shape index (κ2) is 6.80. The van der Waals surface area contributed by atoms with Gasteiger partial charge in [-0.1, -0.05) is 12.5 Å². The number of nitro benzene ring substituents is 1. The predicted molar refractivity (Wildman–Crippen MR) is 84.5 cm³/mol. The predicted octanol–water partition coefficient (Wildman–Crippen LogP) is 2.58. The minimum atomic E-state index is -0.573. The largest absolute Gasteiger partial charge is 0.398 e. The van der Waals surface area contributed by atoms with Crippen LogP contribution in [-0.4, -0.2) is 28.4 Å². The lowest BCUT2D eigenvalue weighted by atomic mass is 9.94. The van der Waals surface area contributed by atoms with Crippen molar-refractivity contribution in [3.05, 3.63) is 33.9 Å². The molecule has 1 aromatic carbocycles. The lowest BCUT2D eigenvalue weighted by Gasteiger charge is -2.28. The molecule has 0 bridgehead atoms. The number of rotatable bonds is 4. The average molecular weight is 309 g/mol. The number of nitrogens with zero attached hydrogens (tertiary/aromatic N) is 1. The Morgan fingerprint density at radius 2 is 2.24 bits per heavy atom. The van der Waals surface area contributed by atoms with Crippen LogP contribution in [0.2, 0.25) is 0 Å². The Balaban J connectivity index is 2.15. The summed E-state index contributed by atoms with van der Waals surface area (Å²) in [5.74, 6) is -0.452. The number of anilines is 1. The summed E-state index contributed by atoms with van der Waals surface area (Å²) in [6.45, 7) is 0. The Bertz CT molecular complexity index is 550. The second-order valence-electron chi connectivity index (χ2n) is 5.19. The summed E-state index contributed by atoms with van der Waals surface area (Å²) in [5, 5.41) is 14.5. The molecule has 7 heteroatoms. The number of carbonyl (C=O) groups excluding carboxylic acids is 1. The van der Waals surface area contributed by atoms with Crippen LogP contribution in [0.5, 0.6) is 0 Å². The van der Waals surface area contributed by atoms with Gasteiger partial charge < -0.3 is 11.1 Å². The van der Waals surface area contributed by atoms with E-state index in [1.54, 1.807) is 11.8 Å². The van der Waals surface area contributed by atoms with Gasteiger partial charge in [-0.25, -0.2) is 0 Å². The molecule has 0 unspecified atom stereocenters. The van der Waals surface area contributed by atoms with Gasteiger partial charge in [-0.15, -0.1) is 0 Å². The number of amides is 1. The maximum absolute atomic E-state index is 12.4. The third-order valence-corrected chi connectivity index (χ3v) is 4.89. The van der Waals surface area contributed by atoms with Gasteiger partial charge in [0.15, 0.2) is 0 Å². The number of nitrogens with one attached hydrogen (secondary N) is 1. The number of hydrogen-bond donors (Lipinski definition) is 2. The molecule has 1 aliphatic rings. The Morgan fingerprint density at radius 1 is 1.48 bits per heavy atom. The highest BCUT2D eigenvalue weighted by atomic mass is 32.2. The highest BCUT2D eigenvalue weighted by molar-refractivity contribution is 7.99. The minimum Gasteiger partial charge on any atom is -0.398 e. The molecule has 21 heavy (non-hydrogen) atoms. The fourth-order valence-electron chi connectivity index (χ4n) is 2.70. The highest BCUT2D eigenvalue weighted by Crippen LogP contribution is 2.28. The van der Waals surface area contributed by atoms with Crippen LogP contribution in [0.4, 0.5) is 11.4 Å². The standard InChI is InChI=1S/C14H19N3O3S/c1-21-10-5-2-4-9(8-10)16-14(18)13-11(15)6-3-7-12(13)17(19)20/h3,6-7,9-10H,2,4-5,8,15H2,1H3,(H,16,18)/t9-,10-/m0/s1. The molecule has 3 N–H and O–H groups in total. The first-order chi connectivity index (χ1) is 10.0. The summed E-state index contributed by atoms with van der Waals surface area (Å²) in [4.78, 5) is 22.8. The molecule has 1 aliphatic carbocycles. The van der Waals surface area contributed by atoms with Crippen molar-refractivity contribution < 1.29 is 9.72 Å². The molecule has 2 rings (SSSR count). The molecule has 1 amide bonds. The number of nitrogen functional groups attached to an aromatic ring is 1. The summed E-state index contributed by atoms with van der Waals surface area (Å²) < 4.78 is 0. The maximum atomic E-state index is 12.4. The van der Waals surface area contributed by atoms with E-state index in [0.29, 0.717) is 5.25 Å². The monoisotopic (exact) mass is 309 g/mol. The van der Waals surface area contributed by atoms with E-state index in [4.69, 9.17) is 5.73 Å². The van der Waals surface area contributed by atoms with Crippen LogP contribution in [0.3, 0.4) is 0 Å². The van der Waals surface area contributed by atoms with Crippen LogP contribution in [0.1, 0.15) is 36.0 Å². The zero-order valence-corrected chi connectivity index (χ0v) is 12.7. The quantitative estimate of drug-likeness (QED) is 0.506. The zero-order valence-electron chi connectivity index (χ0n) is 11.9. The molecule has 0 aliphatic heterocycles. The van der Waals surface area contributed by atoms with Crippen LogP contribution < -0.4 is 11.1 Å². The number of nitro groups is 1. The van der Waals surface area contributed by atoms with Gasteiger partial charge in [0.25, 0.3) is 11.6 Å². The SMILES string of the molecule is CS[C@H]1CCC[C@H](NC(=O)c2c(N)cccc2[N+](=O)[O-])C1. The van der Waals surface area contributed by atoms with E-state index in [1.165, 1.54) is 18.2 Å². The van der Waals surface area contributed by atoms with E-state index < -0.39 is 10.8 Å². The van der Waals surface area contributed by atoms with E-state index in [2.05, 4.69) is 11.6 Å². The van der Waals surface area contributed by atoms with Crippen molar-refractivity contribution in [1.29, 1.82) is 0 Å². The molecule has 0 radical (unpaired) electrons. The molecular weight excluding hydrogens is 290 g/mol. The number of nitrogens with two attached hydrogens (primary N) is 1. The lowest BCUT2D eigenvalue weighted by Crippen LogP contribution is -2.39. The van der Waals surface area contributed by atoms with Gasteiger partial charge in [-0.3, -0.25) is 14.9 Å². The minimum absolute atomic E-state index is 0.0335. The number of benzene rings is 1. The van der Waals surface area contributed by atoms with Crippen LogP contribution in [0.15, 0.2) is 18.2 Å². The highest BCUT2D eigenvalue weighted by Gasteiger charge is 2.27. The van der Waals surface area contributed by atoms with Crippen molar-refractivity contribution in [2.75, 3.05) is 12.0 Å². The molecule has 0 saturated heterocycles. The van der Waals surface area contributed by atoms with E-state index in [0.717, 1.165) is 25.7 Å². The second-order valence-corrected chi connectivity index (χ2v) is 6.33. The van der Waals surface area contributed by atoms with Crippen molar-refractivity contribution in [3.8, 4) is 0 Å². The van der Waals surface area contributed by atoms with E-state index in [1.807, 2.05) is 0 Å². The number of carbonyl (C=O) groups is 1. The van der Waals surface area contributed by atoms with Gasteiger partial charge in [0.1, 0.15) is 5.56 Å². The van der Waals surface area contributed by atoms with Crippen molar-refractivity contribution in [3.63, 3.8) is 0 Å². The van der Waals surface area contributed by atoms with E-state index in [9.17, 15) is 14.9 Å². The van der Waals surface area contributed by atoms with Crippen LogP contribution >= 0.6 is 11.8 Å². The Labute approximate surface area is 127 Å². The Hall–Kier alpha value is -1.76. The van der Waals surface area contributed by atoms with E-state index >= 15 is 0 Å². The zero-order chi connectivity index (χ0) is 15.4. The molecule has 0 heterocycles. The van der Waals surface area contributed by atoms with Gasteiger partial charge in [0, 0.05) is 17.4 Å². The van der Waals surface area contributed by atoms with Crippen LogP contribution in [0.25, 0.3) is 0 Å².